The van der Waals surface area contributed by atoms with Gasteiger partial charge in [-0.2, -0.15) is 0 Å². The van der Waals surface area contributed by atoms with Crippen molar-refractivity contribution in [2.45, 2.75) is 57.8 Å². The molecule has 1 aromatic rings. The largest absolute Gasteiger partial charge is 0.499 e. The summed E-state index contributed by atoms with van der Waals surface area (Å²) in [6.07, 6.45) is 3.20. The van der Waals surface area contributed by atoms with E-state index in [9.17, 15) is 10.1 Å². The minimum absolute atomic E-state index is 0.0177. The Labute approximate surface area is 129 Å². The Morgan fingerprint density at radius 3 is 2.41 bits per heavy atom. The van der Waals surface area contributed by atoms with Crippen LogP contribution in [0.5, 0.6) is 5.75 Å². The van der Waals surface area contributed by atoms with Crippen LogP contribution >= 0.6 is 0 Å². The summed E-state index contributed by atoms with van der Waals surface area (Å²) in [5.74, 6) is -0.132. The van der Waals surface area contributed by atoms with Crippen LogP contribution in [0.1, 0.15) is 40.5 Å². The molecule has 0 atom stereocenters. The number of hydrogen-bond donors (Lipinski definition) is 0. The average molecular weight is 306 g/mol. The van der Waals surface area contributed by atoms with Gasteiger partial charge < -0.3 is 24.2 Å². The maximum Gasteiger partial charge on any atom is 0.499 e. The molecule has 3 rings (SSSR count). The Balaban J connectivity index is 2.00. The normalized spacial score (nSPS) is 22.6. The van der Waals surface area contributed by atoms with Gasteiger partial charge in [0, 0.05) is 5.46 Å². The van der Waals surface area contributed by atoms with Crippen molar-refractivity contribution in [1.82, 2.24) is 4.98 Å². The lowest BCUT2D eigenvalue weighted by molar-refractivity contribution is -0.390. The van der Waals surface area contributed by atoms with Crippen LogP contribution in [0.3, 0.4) is 0 Å². The summed E-state index contributed by atoms with van der Waals surface area (Å²) in [4.78, 5) is 14.5. The van der Waals surface area contributed by atoms with Gasteiger partial charge in [-0.25, -0.2) is 0 Å². The third-order valence-electron chi connectivity index (χ3n) is 4.41. The first-order chi connectivity index (χ1) is 10.2. The van der Waals surface area contributed by atoms with Crippen molar-refractivity contribution in [3.05, 3.63) is 22.4 Å². The van der Waals surface area contributed by atoms with E-state index < -0.39 is 23.2 Å². The zero-order valence-electron chi connectivity index (χ0n) is 13.2. The molecule has 0 N–H and O–H groups in total. The minimum atomic E-state index is -0.708. The van der Waals surface area contributed by atoms with Crippen molar-refractivity contribution in [1.29, 1.82) is 0 Å². The monoisotopic (exact) mass is 306 g/mol. The first-order valence-electron chi connectivity index (χ1n) is 7.37. The molecule has 1 aliphatic carbocycles. The summed E-state index contributed by atoms with van der Waals surface area (Å²) in [6, 6.07) is 1.66. The molecule has 118 valence electrons. The lowest BCUT2D eigenvalue weighted by atomic mass is 9.79. The number of aromatic nitrogens is 1. The molecule has 7 nitrogen and oxygen atoms in total. The molecule has 0 amide bonds. The number of ether oxygens (including phenoxy) is 1. The molecule has 0 radical (unpaired) electrons. The van der Waals surface area contributed by atoms with Gasteiger partial charge in [0.1, 0.15) is 6.20 Å². The first-order valence-corrected chi connectivity index (χ1v) is 7.37. The Hall–Kier alpha value is -1.67. The summed E-state index contributed by atoms with van der Waals surface area (Å²) in [6.45, 7) is 7.74. The maximum atomic E-state index is 11.2. The van der Waals surface area contributed by atoms with Gasteiger partial charge in [0.15, 0.2) is 0 Å². The van der Waals surface area contributed by atoms with E-state index in [2.05, 4.69) is 4.98 Å². The molecule has 8 heteroatoms. The van der Waals surface area contributed by atoms with Crippen LogP contribution in [0.2, 0.25) is 0 Å². The Morgan fingerprint density at radius 1 is 1.32 bits per heavy atom. The van der Waals surface area contributed by atoms with E-state index in [1.807, 2.05) is 27.7 Å². The molecule has 2 aliphatic rings. The molecule has 1 saturated heterocycles. The number of nitrogens with zero attached hydrogens (tertiary/aromatic N) is 2. The van der Waals surface area contributed by atoms with Crippen LogP contribution in [-0.2, 0) is 9.31 Å². The van der Waals surface area contributed by atoms with E-state index >= 15 is 0 Å². The van der Waals surface area contributed by atoms with Gasteiger partial charge in [0.05, 0.1) is 17.3 Å². The van der Waals surface area contributed by atoms with Crippen molar-refractivity contribution >= 4 is 18.4 Å². The van der Waals surface area contributed by atoms with Crippen molar-refractivity contribution in [2.24, 2.45) is 0 Å². The topological polar surface area (TPSA) is 83.7 Å². The molecule has 1 saturated carbocycles. The van der Waals surface area contributed by atoms with Crippen LogP contribution in [0.4, 0.5) is 5.82 Å². The van der Waals surface area contributed by atoms with Gasteiger partial charge >= 0.3 is 12.9 Å². The van der Waals surface area contributed by atoms with Crippen molar-refractivity contribution in [2.75, 3.05) is 0 Å². The lowest BCUT2D eigenvalue weighted by Gasteiger charge is -2.32. The number of hydrogen-bond acceptors (Lipinski definition) is 6. The second kappa shape index (κ2) is 4.92. The van der Waals surface area contributed by atoms with Crippen LogP contribution in [0.25, 0.3) is 0 Å². The molecule has 0 spiro atoms. The highest BCUT2D eigenvalue weighted by atomic mass is 16.7. The zero-order valence-corrected chi connectivity index (χ0v) is 13.2. The number of nitro groups is 1. The van der Waals surface area contributed by atoms with Gasteiger partial charge in [-0.3, -0.25) is 0 Å². The SMILES string of the molecule is CC1(C)OB(c2ccnc([N+](=O)[O-])c2OC2CC2)OC1(C)C. The Kier molecular flexibility index (Phi) is 3.41. The zero-order chi connectivity index (χ0) is 16.1. The molecule has 2 heterocycles. The third-order valence-corrected chi connectivity index (χ3v) is 4.41. The van der Waals surface area contributed by atoms with E-state index in [-0.39, 0.29) is 17.7 Å². The third kappa shape index (κ3) is 2.57. The fraction of sp³-hybridized carbons (Fsp3) is 0.643. The van der Waals surface area contributed by atoms with Crippen LogP contribution in [0.15, 0.2) is 12.3 Å². The van der Waals surface area contributed by atoms with Gasteiger partial charge in [-0.05, 0) is 56.5 Å². The first kappa shape index (κ1) is 15.2. The standard InChI is InChI=1S/C14H19BN2O5/c1-13(2)14(3,4)22-15(21-13)10-7-8-16-12(17(18)19)11(10)20-9-5-6-9/h7-9H,5-6H2,1-4H3. The number of pyridine rings is 1. The molecule has 0 aromatic carbocycles. The average Bonchev–Trinajstić information content (AvgIpc) is 3.17. The minimum Gasteiger partial charge on any atom is -0.483 e. The molecular weight excluding hydrogens is 287 g/mol. The molecule has 0 bridgehead atoms. The lowest BCUT2D eigenvalue weighted by Crippen LogP contribution is -2.41. The van der Waals surface area contributed by atoms with Gasteiger partial charge in [-0.1, -0.05) is 0 Å². The van der Waals surface area contributed by atoms with E-state index in [1.165, 1.54) is 6.20 Å². The predicted octanol–water partition coefficient (Wildman–Crippen LogP) is 1.83. The van der Waals surface area contributed by atoms with E-state index in [4.69, 9.17) is 14.0 Å². The highest BCUT2D eigenvalue weighted by Gasteiger charge is 2.53. The fourth-order valence-corrected chi connectivity index (χ4v) is 2.21. The van der Waals surface area contributed by atoms with Crippen molar-refractivity contribution in [3.63, 3.8) is 0 Å². The second-order valence-corrected chi connectivity index (χ2v) is 6.72. The highest BCUT2D eigenvalue weighted by molar-refractivity contribution is 6.63. The van der Waals surface area contributed by atoms with E-state index in [0.717, 1.165) is 12.8 Å². The van der Waals surface area contributed by atoms with Gasteiger partial charge in [0.25, 0.3) is 0 Å². The van der Waals surface area contributed by atoms with Crippen LogP contribution in [0, 0.1) is 10.1 Å². The fourth-order valence-electron chi connectivity index (χ4n) is 2.21. The van der Waals surface area contributed by atoms with Crippen LogP contribution in [-0.4, -0.2) is 34.3 Å². The molecule has 2 fully saturated rings. The molecular formula is C14H19BN2O5. The highest BCUT2D eigenvalue weighted by Crippen LogP contribution is 2.38. The predicted molar refractivity (Wildman–Crippen MR) is 80.3 cm³/mol. The van der Waals surface area contributed by atoms with E-state index in [1.54, 1.807) is 6.07 Å². The van der Waals surface area contributed by atoms with Crippen molar-refractivity contribution < 1.29 is 19.0 Å². The molecule has 1 aliphatic heterocycles. The summed E-state index contributed by atoms with van der Waals surface area (Å²) in [5, 5.41) is 11.2. The molecule has 22 heavy (non-hydrogen) atoms. The molecule has 0 unspecified atom stereocenters. The number of rotatable bonds is 4. The summed E-state index contributed by atoms with van der Waals surface area (Å²) in [5.41, 5.74) is -0.522. The van der Waals surface area contributed by atoms with Crippen molar-refractivity contribution in [3.8, 4) is 5.75 Å². The van der Waals surface area contributed by atoms with Gasteiger partial charge in [-0.15, -0.1) is 0 Å². The summed E-state index contributed by atoms with van der Waals surface area (Å²) in [7, 11) is -0.708. The maximum absolute atomic E-state index is 11.2. The summed E-state index contributed by atoms with van der Waals surface area (Å²) < 4.78 is 17.7. The Bertz CT molecular complexity index is 599. The second-order valence-electron chi connectivity index (χ2n) is 6.72. The Morgan fingerprint density at radius 2 is 1.91 bits per heavy atom. The summed E-state index contributed by atoms with van der Waals surface area (Å²) >= 11 is 0. The van der Waals surface area contributed by atoms with Crippen LogP contribution < -0.4 is 10.2 Å². The quantitative estimate of drug-likeness (QED) is 0.479. The van der Waals surface area contributed by atoms with Gasteiger partial charge in [0.2, 0.25) is 5.75 Å². The molecule has 1 aromatic heterocycles. The van der Waals surface area contributed by atoms with E-state index in [0.29, 0.717) is 5.46 Å². The smallest absolute Gasteiger partial charge is 0.483 e.